The first-order valence-corrected chi connectivity index (χ1v) is 10.4. The highest BCUT2D eigenvalue weighted by Crippen LogP contribution is 2.36. The minimum absolute atomic E-state index is 0.0222. The van der Waals surface area contributed by atoms with Crippen molar-refractivity contribution in [2.24, 2.45) is 0 Å². The molecule has 0 radical (unpaired) electrons. The van der Waals surface area contributed by atoms with E-state index in [-0.39, 0.29) is 11.6 Å². The fraction of sp³-hybridized carbons (Fsp3) is 0.409. The largest absolute Gasteiger partial charge is 0.474 e. The van der Waals surface area contributed by atoms with Crippen LogP contribution in [-0.4, -0.2) is 33.9 Å². The predicted molar refractivity (Wildman–Crippen MR) is 116 cm³/mol. The molecule has 0 fully saturated rings. The third kappa shape index (κ3) is 4.21. The highest BCUT2D eigenvalue weighted by atomic mass is 16.6. The Morgan fingerprint density at radius 3 is 2.42 bits per heavy atom. The summed E-state index contributed by atoms with van der Waals surface area (Å²) in [6.45, 7) is 7.38. The number of aromatic nitrogens is 1. The molecule has 0 saturated heterocycles. The Morgan fingerprint density at radius 1 is 1.23 bits per heavy atom. The second-order valence-electron chi connectivity index (χ2n) is 7.29. The molecule has 1 N–H and O–H groups in total. The Hall–Kier alpha value is -3.49. The maximum absolute atomic E-state index is 13.2. The number of rotatable bonds is 7. The quantitative estimate of drug-likeness (QED) is 0.534. The molecule has 1 aliphatic heterocycles. The van der Waals surface area contributed by atoms with Gasteiger partial charge in [-0.15, -0.1) is 0 Å². The number of para-hydroxylation sites is 1. The van der Waals surface area contributed by atoms with Gasteiger partial charge in [0.15, 0.2) is 11.9 Å². The molecule has 2 atom stereocenters. The first-order chi connectivity index (χ1) is 14.8. The standard InChI is InChI=1S/C22H26N4O5/c1-5-14-9-8-10-15(6-2)19(14)24-21(27)13(4)25-20-17(31-16(7-3)22(25)28)11-12-18(23-20)26(29)30/h8-13,16H,5-7H2,1-4H3,(H,24,27). The number of nitrogens with zero attached hydrogens (tertiary/aromatic N) is 3. The van der Waals surface area contributed by atoms with E-state index in [1.807, 2.05) is 32.0 Å². The molecule has 3 rings (SSSR count). The van der Waals surface area contributed by atoms with Crippen LogP contribution in [0.15, 0.2) is 30.3 Å². The maximum atomic E-state index is 13.2. The predicted octanol–water partition coefficient (Wildman–Crippen LogP) is 3.65. The Morgan fingerprint density at radius 2 is 1.87 bits per heavy atom. The second kappa shape index (κ2) is 9.11. The van der Waals surface area contributed by atoms with Gasteiger partial charge < -0.3 is 20.2 Å². The highest BCUT2D eigenvalue weighted by molar-refractivity contribution is 6.07. The summed E-state index contributed by atoms with van der Waals surface area (Å²) in [5.74, 6) is -1.07. The Balaban J connectivity index is 1.99. The zero-order valence-corrected chi connectivity index (χ0v) is 18.0. The van der Waals surface area contributed by atoms with E-state index in [0.29, 0.717) is 6.42 Å². The van der Waals surface area contributed by atoms with E-state index in [2.05, 4.69) is 10.3 Å². The van der Waals surface area contributed by atoms with Crippen molar-refractivity contribution < 1.29 is 19.2 Å². The van der Waals surface area contributed by atoms with Gasteiger partial charge in [0, 0.05) is 11.8 Å². The number of pyridine rings is 1. The third-order valence-corrected chi connectivity index (χ3v) is 5.41. The van der Waals surface area contributed by atoms with Crippen molar-refractivity contribution >= 4 is 29.1 Å². The van der Waals surface area contributed by atoms with E-state index in [4.69, 9.17) is 4.74 Å². The average Bonchev–Trinajstić information content (AvgIpc) is 2.77. The van der Waals surface area contributed by atoms with Gasteiger partial charge in [0.1, 0.15) is 6.04 Å². The molecule has 31 heavy (non-hydrogen) atoms. The highest BCUT2D eigenvalue weighted by Gasteiger charge is 2.42. The van der Waals surface area contributed by atoms with Crippen molar-refractivity contribution in [2.75, 3.05) is 10.2 Å². The minimum Gasteiger partial charge on any atom is -0.474 e. The van der Waals surface area contributed by atoms with Crippen molar-refractivity contribution in [1.29, 1.82) is 0 Å². The molecule has 0 saturated carbocycles. The number of fused-ring (bicyclic) bond motifs is 1. The van der Waals surface area contributed by atoms with Crippen LogP contribution in [0.3, 0.4) is 0 Å². The lowest BCUT2D eigenvalue weighted by atomic mass is 10.0. The van der Waals surface area contributed by atoms with E-state index in [0.717, 1.165) is 29.7 Å². The van der Waals surface area contributed by atoms with Gasteiger partial charge in [-0.25, -0.2) is 0 Å². The SMILES string of the molecule is CCc1cccc(CC)c1NC(=O)C(C)N1C(=O)C(CC)Oc2ccc([N+](=O)[O-])nc21. The summed E-state index contributed by atoms with van der Waals surface area (Å²) in [6, 6.07) is 7.53. The second-order valence-corrected chi connectivity index (χ2v) is 7.29. The summed E-state index contributed by atoms with van der Waals surface area (Å²) in [4.78, 5) is 42.0. The number of amides is 2. The van der Waals surface area contributed by atoms with Gasteiger partial charge in [0.2, 0.25) is 5.91 Å². The lowest BCUT2D eigenvalue weighted by Gasteiger charge is -2.34. The summed E-state index contributed by atoms with van der Waals surface area (Å²) in [7, 11) is 0. The van der Waals surface area contributed by atoms with E-state index >= 15 is 0 Å². The van der Waals surface area contributed by atoms with Crippen LogP contribution in [0.5, 0.6) is 5.75 Å². The summed E-state index contributed by atoms with van der Waals surface area (Å²) < 4.78 is 5.67. The summed E-state index contributed by atoms with van der Waals surface area (Å²) in [5.41, 5.74) is 2.73. The summed E-state index contributed by atoms with van der Waals surface area (Å²) in [5, 5.41) is 14.2. The topological polar surface area (TPSA) is 115 Å². The first-order valence-electron chi connectivity index (χ1n) is 10.4. The Labute approximate surface area is 180 Å². The molecular weight excluding hydrogens is 400 g/mol. The van der Waals surface area contributed by atoms with Gasteiger partial charge in [0.25, 0.3) is 11.7 Å². The Kier molecular flexibility index (Phi) is 6.53. The number of nitro groups is 1. The van der Waals surface area contributed by atoms with Gasteiger partial charge >= 0.3 is 5.82 Å². The van der Waals surface area contributed by atoms with Gasteiger partial charge in [-0.3, -0.25) is 14.5 Å². The van der Waals surface area contributed by atoms with Crippen molar-refractivity contribution in [2.45, 2.75) is 59.1 Å². The molecule has 1 aromatic heterocycles. The molecular formula is C22H26N4O5. The number of hydrogen-bond donors (Lipinski definition) is 1. The van der Waals surface area contributed by atoms with Crippen LogP contribution in [0.25, 0.3) is 0 Å². The van der Waals surface area contributed by atoms with Gasteiger partial charge in [0.05, 0.1) is 0 Å². The van der Waals surface area contributed by atoms with Crippen molar-refractivity contribution in [1.82, 2.24) is 4.98 Å². The number of ether oxygens (including phenoxy) is 1. The lowest BCUT2D eigenvalue weighted by molar-refractivity contribution is -0.389. The first kappa shape index (κ1) is 22.2. The maximum Gasteiger partial charge on any atom is 0.366 e. The van der Waals surface area contributed by atoms with Crippen LogP contribution in [0.2, 0.25) is 0 Å². The number of carbonyl (C=O) groups is 2. The Bertz CT molecular complexity index is 1000. The molecule has 2 heterocycles. The molecule has 2 aromatic rings. The van der Waals surface area contributed by atoms with Gasteiger partial charge in [-0.2, -0.15) is 0 Å². The molecule has 1 aromatic carbocycles. The number of benzene rings is 1. The van der Waals surface area contributed by atoms with Crippen molar-refractivity contribution in [3.8, 4) is 5.75 Å². The number of hydrogen-bond acceptors (Lipinski definition) is 6. The molecule has 1 aliphatic rings. The lowest BCUT2D eigenvalue weighted by Crippen LogP contribution is -2.53. The molecule has 0 spiro atoms. The minimum atomic E-state index is -0.951. The van der Waals surface area contributed by atoms with E-state index in [9.17, 15) is 19.7 Å². The smallest absolute Gasteiger partial charge is 0.366 e. The summed E-state index contributed by atoms with van der Waals surface area (Å²) >= 11 is 0. The van der Waals surface area contributed by atoms with Crippen LogP contribution in [0, 0.1) is 10.1 Å². The molecule has 9 nitrogen and oxygen atoms in total. The number of carbonyl (C=O) groups excluding carboxylic acids is 2. The zero-order valence-electron chi connectivity index (χ0n) is 18.0. The van der Waals surface area contributed by atoms with Crippen molar-refractivity contribution in [3.63, 3.8) is 0 Å². The molecule has 0 bridgehead atoms. The number of aryl methyl sites for hydroxylation is 2. The third-order valence-electron chi connectivity index (χ3n) is 5.41. The van der Waals surface area contributed by atoms with Crippen LogP contribution in [0.1, 0.15) is 45.2 Å². The van der Waals surface area contributed by atoms with Crippen molar-refractivity contribution in [3.05, 3.63) is 51.6 Å². The van der Waals surface area contributed by atoms with Gasteiger partial charge in [-0.1, -0.05) is 39.0 Å². The fourth-order valence-electron chi connectivity index (χ4n) is 3.64. The van der Waals surface area contributed by atoms with Gasteiger partial charge in [-0.05, 0) is 53.3 Å². The normalized spacial score (nSPS) is 16.3. The van der Waals surface area contributed by atoms with Crippen LogP contribution >= 0.6 is 0 Å². The molecule has 2 amide bonds. The zero-order chi connectivity index (χ0) is 22.7. The van der Waals surface area contributed by atoms with Crippen LogP contribution in [0.4, 0.5) is 17.3 Å². The monoisotopic (exact) mass is 426 g/mol. The fourth-order valence-corrected chi connectivity index (χ4v) is 3.64. The van der Waals surface area contributed by atoms with E-state index in [1.165, 1.54) is 17.0 Å². The molecule has 9 heteroatoms. The van der Waals surface area contributed by atoms with Crippen LogP contribution < -0.4 is 15.0 Å². The molecule has 2 unspecified atom stereocenters. The average molecular weight is 426 g/mol. The van der Waals surface area contributed by atoms with E-state index in [1.54, 1.807) is 13.8 Å². The number of nitrogens with one attached hydrogen (secondary N) is 1. The molecule has 164 valence electrons. The number of anilines is 2. The summed E-state index contributed by atoms with van der Waals surface area (Å²) in [6.07, 6.45) is 1.07. The van der Waals surface area contributed by atoms with Crippen LogP contribution in [-0.2, 0) is 22.4 Å². The van der Waals surface area contributed by atoms with E-state index < -0.39 is 34.7 Å². The molecule has 0 aliphatic carbocycles.